The maximum atomic E-state index is 13.6. The van der Waals surface area contributed by atoms with Crippen LogP contribution in [-0.4, -0.2) is 19.5 Å². The summed E-state index contributed by atoms with van der Waals surface area (Å²) < 4.78 is 26.4. The molecular formula is C13H18F2N2O. The van der Waals surface area contributed by atoms with E-state index in [0.29, 0.717) is 24.9 Å². The van der Waals surface area contributed by atoms with Gasteiger partial charge in [0.25, 0.3) is 0 Å². The summed E-state index contributed by atoms with van der Waals surface area (Å²) in [4.78, 5) is 11.6. The number of carbonyl (C=O) groups excluding carboxylic acids is 1. The predicted molar refractivity (Wildman–Crippen MR) is 66.1 cm³/mol. The molecule has 3 nitrogen and oxygen atoms in total. The van der Waals surface area contributed by atoms with Crippen molar-refractivity contribution in [1.29, 1.82) is 0 Å². The monoisotopic (exact) mass is 256 g/mol. The second-order valence-electron chi connectivity index (χ2n) is 4.05. The number of benzene rings is 1. The predicted octanol–water partition coefficient (Wildman–Crippen LogP) is 2.14. The van der Waals surface area contributed by atoms with Gasteiger partial charge in [-0.05, 0) is 19.5 Å². The lowest BCUT2D eigenvalue weighted by atomic mass is 10.0. The molecule has 1 aromatic rings. The molecular weight excluding hydrogens is 238 g/mol. The molecule has 1 amide bonds. The third kappa shape index (κ3) is 4.07. The number of hydrogen-bond donors (Lipinski definition) is 2. The molecule has 0 heterocycles. The van der Waals surface area contributed by atoms with Crippen molar-refractivity contribution in [3.63, 3.8) is 0 Å². The van der Waals surface area contributed by atoms with E-state index in [9.17, 15) is 13.6 Å². The van der Waals surface area contributed by atoms with E-state index in [1.807, 2.05) is 6.92 Å². The van der Waals surface area contributed by atoms with Gasteiger partial charge in [-0.3, -0.25) is 4.79 Å². The highest BCUT2D eigenvalue weighted by Gasteiger charge is 2.16. The van der Waals surface area contributed by atoms with Crippen molar-refractivity contribution in [2.75, 3.05) is 13.6 Å². The smallest absolute Gasteiger partial charge is 0.221 e. The van der Waals surface area contributed by atoms with Crippen LogP contribution in [0.25, 0.3) is 0 Å². The molecule has 0 saturated heterocycles. The lowest BCUT2D eigenvalue weighted by Gasteiger charge is -2.18. The zero-order chi connectivity index (χ0) is 13.5. The van der Waals surface area contributed by atoms with Crippen LogP contribution in [0.5, 0.6) is 0 Å². The van der Waals surface area contributed by atoms with Crippen LogP contribution >= 0.6 is 0 Å². The van der Waals surface area contributed by atoms with E-state index < -0.39 is 17.7 Å². The summed E-state index contributed by atoms with van der Waals surface area (Å²) in [5.74, 6) is -1.40. The molecule has 1 rings (SSSR count). The Morgan fingerprint density at radius 2 is 2.11 bits per heavy atom. The fraction of sp³-hybridized carbons (Fsp3) is 0.462. The first kappa shape index (κ1) is 14.6. The van der Waals surface area contributed by atoms with Gasteiger partial charge in [0.1, 0.15) is 11.6 Å². The standard InChI is InChI=1S/C13H18F2N2O/c1-3-12(17-13(18)6-7-16-2)10-5-4-9(14)8-11(10)15/h4-5,8,12,16H,3,6-7H2,1-2H3,(H,17,18). The fourth-order valence-electron chi connectivity index (χ4n) is 1.69. The molecule has 0 bridgehead atoms. The first-order valence-corrected chi connectivity index (χ1v) is 5.97. The Hall–Kier alpha value is -1.49. The van der Waals surface area contributed by atoms with Gasteiger partial charge in [-0.25, -0.2) is 8.78 Å². The second-order valence-corrected chi connectivity index (χ2v) is 4.05. The van der Waals surface area contributed by atoms with E-state index in [1.165, 1.54) is 12.1 Å². The minimum Gasteiger partial charge on any atom is -0.349 e. The summed E-state index contributed by atoms with van der Waals surface area (Å²) in [7, 11) is 1.75. The molecule has 5 heteroatoms. The largest absolute Gasteiger partial charge is 0.349 e. The molecule has 0 saturated carbocycles. The number of hydrogen-bond acceptors (Lipinski definition) is 2. The second kappa shape index (κ2) is 7.06. The number of amides is 1. The van der Waals surface area contributed by atoms with Crippen LogP contribution in [0.4, 0.5) is 8.78 Å². The van der Waals surface area contributed by atoms with E-state index in [-0.39, 0.29) is 5.91 Å². The first-order chi connectivity index (χ1) is 8.58. The Kier molecular flexibility index (Phi) is 5.71. The SMILES string of the molecule is CCC(NC(=O)CCNC)c1ccc(F)cc1F. The molecule has 18 heavy (non-hydrogen) atoms. The molecule has 1 aromatic carbocycles. The van der Waals surface area contributed by atoms with E-state index in [4.69, 9.17) is 0 Å². The van der Waals surface area contributed by atoms with Gasteiger partial charge in [0, 0.05) is 24.6 Å². The fourth-order valence-corrected chi connectivity index (χ4v) is 1.69. The molecule has 0 aliphatic rings. The van der Waals surface area contributed by atoms with Crippen LogP contribution in [0.1, 0.15) is 31.4 Å². The maximum absolute atomic E-state index is 13.6. The Morgan fingerprint density at radius 3 is 2.67 bits per heavy atom. The van der Waals surface area contributed by atoms with Crippen molar-refractivity contribution in [2.24, 2.45) is 0 Å². The van der Waals surface area contributed by atoms with Gasteiger partial charge in [-0.2, -0.15) is 0 Å². The lowest BCUT2D eigenvalue weighted by molar-refractivity contribution is -0.121. The van der Waals surface area contributed by atoms with Crippen LogP contribution in [0.3, 0.4) is 0 Å². The minimum atomic E-state index is -0.629. The number of nitrogens with one attached hydrogen (secondary N) is 2. The van der Waals surface area contributed by atoms with Crippen molar-refractivity contribution in [3.05, 3.63) is 35.4 Å². The van der Waals surface area contributed by atoms with E-state index in [1.54, 1.807) is 7.05 Å². The Balaban J connectivity index is 2.73. The molecule has 0 aliphatic carbocycles. The summed E-state index contributed by atoms with van der Waals surface area (Å²) in [6.45, 7) is 2.40. The van der Waals surface area contributed by atoms with Crippen LogP contribution in [0.15, 0.2) is 18.2 Å². The molecule has 2 N–H and O–H groups in total. The summed E-state index contributed by atoms with van der Waals surface area (Å²) in [6.07, 6.45) is 0.879. The van der Waals surface area contributed by atoms with Gasteiger partial charge >= 0.3 is 0 Å². The summed E-state index contributed by atoms with van der Waals surface area (Å²) in [6, 6.07) is 2.98. The summed E-state index contributed by atoms with van der Waals surface area (Å²) >= 11 is 0. The third-order valence-corrected chi connectivity index (χ3v) is 2.68. The number of halogens is 2. The molecule has 0 fully saturated rings. The summed E-state index contributed by atoms with van der Waals surface area (Å²) in [5.41, 5.74) is 0.316. The van der Waals surface area contributed by atoms with E-state index in [0.717, 1.165) is 6.07 Å². The quantitative estimate of drug-likeness (QED) is 0.818. The van der Waals surface area contributed by atoms with Crippen molar-refractivity contribution in [1.82, 2.24) is 10.6 Å². The van der Waals surface area contributed by atoms with Gasteiger partial charge in [-0.1, -0.05) is 13.0 Å². The van der Waals surface area contributed by atoms with E-state index in [2.05, 4.69) is 10.6 Å². The van der Waals surface area contributed by atoms with Crippen LogP contribution < -0.4 is 10.6 Å². The molecule has 0 radical (unpaired) electrons. The molecule has 0 aromatic heterocycles. The van der Waals surface area contributed by atoms with Crippen molar-refractivity contribution >= 4 is 5.91 Å². The first-order valence-electron chi connectivity index (χ1n) is 5.97. The minimum absolute atomic E-state index is 0.153. The van der Waals surface area contributed by atoms with Gasteiger partial charge < -0.3 is 10.6 Å². The van der Waals surface area contributed by atoms with Gasteiger partial charge in [0.15, 0.2) is 0 Å². The maximum Gasteiger partial charge on any atom is 0.221 e. The van der Waals surface area contributed by atoms with Gasteiger partial charge in [0.2, 0.25) is 5.91 Å². The average molecular weight is 256 g/mol. The third-order valence-electron chi connectivity index (χ3n) is 2.68. The lowest BCUT2D eigenvalue weighted by Crippen LogP contribution is -2.30. The van der Waals surface area contributed by atoms with Gasteiger partial charge in [0.05, 0.1) is 6.04 Å². The van der Waals surface area contributed by atoms with Crippen molar-refractivity contribution in [2.45, 2.75) is 25.8 Å². The van der Waals surface area contributed by atoms with Crippen molar-refractivity contribution < 1.29 is 13.6 Å². The topological polar surface area (TPSA) is 41.1 Å². The highest BCUT2D eigenvalue weighted by atomic mass is 19.1. The average Bonchev–Trinajstić information content (AvgIpc) is 2.34. The normalized spacial score (nSPS) is 12.2. The molecule has 1 unspecified atom stereocenters. The zero-order valence-corrected chi connectivity index (χ0v) is 10.6. The highest BCUT2D eigenvalue weighted by Crippen LogP contribution is 2.20. The van der Waals surface area contributed by atoms with Crippen LogP contribution in [0, 0.1) is 11.6 Å². The Bertz CT molecular complexity index is 410. The molecule has 0 spiro atoms. The number of carbonyl (C=O) groups is 1. The van der Waals surface area contributed by atoms with Crippen molar-refractivity contribution in [3.8, 4) is 0 Å². The molecule has 1 atom stereocenters. The van der Waals surface area contributed by atoms with Gasteiger partial charge in [-0.15, -0.1) is 0 Å². The van der Waals surface area contributed by atoms with Crippen LogP contribution in [-0.2, 0) is 4.79 Å². The zero-order valence-electron chi connectivity index (χ0n) is 10.6. The molecule has 0 aliphatic heterocycles. The van der Waals surface area contributed by atoms with E-state index >= 15 is 0 Å². The summed E-state index contributed by atoms with van der Waals surface area (Å²) in [5, 5.41) is 5.60. The number of rotatable bonds is 6. The Morgan fingerprint density at radius 1 is 1.39 bits per heavy atom. The highest BCUT2D eigenvalue weighted by molar-refractivity contribution is 5.76. The van der Waals surface area contributed by atoms with Crippen LogP contribution in [0.2, 0.25) is 0 Å². The Labute approximate surface area is 106 Å². The molecule has 100 valence electrons.